The topological polar surface area (TPSA) is 24.5 Å². The van der Waals surface area contributed by atoms with Crippen molar-refractivity contribution in [3.8, 4) is 0 Å². The highest BCUT2D eigenvalue weighted by Gasteiger charge is 2.07. The van der Waals surface area contributed by atoms with Crippen molar-refractivity contribution >= 4 is 17.3 Å². The molecule has 100 valence electrons. The summed E-state index contributed by atoms with van der Waals surface area (Å²) >= 11 is 5.40. The molecule has 1 aromatic rings. The Labute approximate surface area is 115 Å². The standard InChI is InChI=1S/C14H22N2OS/c1-3-16(12-13-8-5-4-6-9-13)14(18)15-10-7-11-17-2/h4-6,8-9H,3,7,10-12H2,1-2H3,(H,15,18). The Morgan fingerprint density at radius 2 is 2.06 bits per heavy atom. The average Bonchev–Trinajstić information content (AvgIpc) is 2.42. The smallest absolute Gasteiger partial charge is 0.169 e. The lowest BCUT2D eigenvalue weighted by atomic mass is 10.2. The lowest BCUT2D eigenvalue weighted by Gasteiger charge is -2.24. The summed E-state index contributed by atoms with van der Waals surface area (Å²) in [4.78, 5) is 2.16. The molecule has 1 N–H and O–H groups in total. The van der Waals surface area contributed by atoms with Gasteiger partial charge in [0.25, 0.3) is 0 Å². The first-order valence-corrected chi connectivity index (χ1v) is 6.74. The molecule has 0 aromatic heterocycles. The Morgan fingerprint density at radius 1 is 1.33 bits per heavy atom. The largest absolute Gasteiger partial charge is 0.385 e. The summed E-state index contributed by atoms with van der Waals surface area (Å²) in [6.45, 7) is 5.50. The quantitative estimate of drug-likeness (QED) is 0.605. The van der Waals surface area contributed by atoms with E-state index in [1.807, 2.05) is 6.07 Å². The number of ether oxygens (including phenoxy) is 1. The van der Waals surface area contributed by atoms with Gasteiger partial charge in [-0.25, -0.2) is 0 Å². The summed E-state index contributed by atoms with van der Waals surface area (Å²) in [5.41, 5.74) is 1.28. The lowest BCUT2D eigenvalue weighted by Crippen LogP contribution is -2.39. The highest BCUT2D eigenvalue weighted by Crippen LogP contribution is 2.04. The lowest BCUT2D eigenvalue weighted by molar-refractivity contribution is 0.195. The van der Waals surface area contributed by atoms with Gasteiger partial charge in [0, 0.05) is 33.4 Å². The second-order valence-corrected chi connectivity index (χ2v) is 4.46. The van der Waals surface area contributed by atoms with Gasteiger partial charge in [0.15, 0.2) is 5.11 Å². The van der Waals surface area contributed by atoms with Crippen LogP contribution in [0.3, 0.4) is 0 Å². The van der Waals surface area contributed by atoms with Crippen LogP contribution in [0, 0.1) is 0 Å². The predicted octanol–water partition coefficient (Wildman–Crippen LogP) is 2.42. The third-order valence-electron chi connectivity index (χ3n) is 2.69. The Hall–Kier alpha value is -1.13. The molecule has 0 heterocycles. The fourth-order valence-corrected chi connectivity index (χ4v) is 1.95. The van der Waals surface area contributed by atoms with E-state index in [0.29, 0.717) is 0 Å². The Bertz CT molecular complexity index is 343. The minimum absolute atomic E-state index is 0.764. The van der Waals surface area contributed by atoms with Crippen LogP contribution in [0.4, 0.5) is 0 Å². The van der Waals surface area contributed by atoms with Crippen molar-refractivity contribution in [2.75, 3.05) is 26.8 Å². The summed E-state index contributed by atoms with van der Waals surface area (Å²) in [5, 5.41) is 4.08. The van der Waals surface area contributed by atoms with Gasteiger partial charge in [-0.1, -0.05) is 30.3 Å². The molecular formula is C14H22N2OS. The summed E-state index contributed by atoms with van der Waals surface area (Å²) < 4.78 is 5.01. The number of methoxy groups -OCH3 is 1. The fraction of sp³-hybridized carbons (Fsp3) is 0.500. The summed E-state index contributed by atoms with van der Waals surface area (Å²) in [6.07, 6.45) is 0.972. The number of benzene rings is 1. The monoisotopic (exact) mass is 266 g/mol. The molecule has 4 heteroatoms. The Balaban J connectivity index is 2.38. The predicted molar refractivity (Wildman–Crippen MR) is 79.6 cm³/mol. The van der Waals surface area contributed by atoms with E-state index in [1.54, 1.807) is 7.11 Å². The first kappa shape index (κ1) is 14.9. The van der Waals surface area contributed by atoms with Gasteiger partial charge in [-0.3, -0.25) is 0 Å². The zero-order chi connectivity index (χ0) is 13.2. The molecule has 1 aromatic carbocycles. The van der Waals surface area contributed by atoms with Crippen molar-refractivity contribution in [3.05, 3.63) is 35.9 Å². The van der Waals surface area contributed by atoms with Crippen LogP contribution in [0.5, 0.6) is 0 Å². The Morgan fingerprint density at radius 3 is 2.67 bits per heavy atom. The van der Waals surface area contributed by atoms with Crippen molar-refractivity contribution in [1.29, 1.82) is 0 Å². The maximum atomic E-state index is 5.40. The van der Waals surface area contributed by atoms with Crippen molar-refractivity contribution in [2.24, 2.45) is 0 Å². The second kappa shape index (κ2) is 8.89. The number of rotatable bonds is 7. The molecule has 0 bridgehead atoms. The summed E-state index contributed by atoms with van der Waals surface area (Å²) in [7, 11) is 1.71. The molecule has 18 heavy (non-hydrogen) atoms. The van der Waals surface area contributed by atoms with Crippen LogP contribution in [-0.2, 0) is 11.3 Å². The van der Waals surface area contributed by atoms with Crippen molar-refractivity contribution in [3.63, 3.8) is 0 Å². The van der Waals surface area contributed by atoms with E-state index >= 15 is 0 Å². The Kier molecular flexibility index (Phi) is 7.37. The highest BCUT2D eigenvalue weighted by atomic mass is 32.1. The van der Waals surface area contributed by atoms with E-state index in [9.17, 15) is 0 Å². The van der Waals surface area contributed by atoms with Crippen molar-refractivity contribution in [1.82, 2.24) is 10.2 Å². The molecule has 0 fully saturated rings. The van der Waals surface area contributed by atoms with Crippen LogP contribution in [0.2, 0.25) is 0 Å². The summed E-state index contributed by atoms with van der Waals surface area (Å²) in [5.74, 6) is 0. The van der Waals surface area contributed by atoms with Crippen LogP contribution >= 0.6 is 12.2 Å². The van der Waals surface area contributed by atoms with Crippen molar-refractivity contribution in [2.45, 2.75) is 19.9 Å². The minimum atomic E-state index is 0.764. The molecule has 0 atom stereocenters. The van der Waals surface area contributed by atoms with Crippen LogP contribution in [-0.4, -0.2) is 36.8 Å². The van der Waals surface area contributed by atoms with Gasteiger partial charge in [-0.2, -0.15) is 0 Å². The second-order valence-electron chi connectivity index (χ2n) is 4.08. The molecule has 0 radical (unpaired) electrons. The van der Waals surface area contributed by atoms with E-state index in [2.05, 4.69) is 41.4 Å². The molecule has 0 unspecified atom stereocenters. The van der Waals surface area contributed by atoms with E-state index in [1.165, 1.54) is 5.56 Å². The molecule has 0 aliphatic rings. The number of nitrogens with zero attached hydrogens (tertiary/aromatic N) is 1. The van der Waals surface area contributed by atoms with Crippen LogP contribution in [0.15, 0.2) is 30.3 Å². The van der Waals surface area contributed by atoms with Gasteiger partial charge in [-0.15, -0.1) is 0 Å². The third kappa shape index (κ3) is 5.47. The fourth-order valence-electron chi connectivity index (χ4n) is 1.65. The van der Waals surface area contributed by atoms with Gasteiger partial charge in [-0.05, 0) is 31.1 Å². The normalized spacial score (nSPS) is 10.1. The molecule has 0 spiro atoms. The molecular weight excluding hydrogens is 244 g/mol. The van der Waals surface area contributed by atoms with Crippen LogP contribution < -0.4 is 5.32 Å². The maximum absolute atomic E-state index is 5.40. The average molecular weight is 266 g/mol. The molecule has 0 aliphatic heterocycles. The first-order chi connectivity index (χ1) is 8.77. The van der Waals surface area contributed by atoms with E-state index in [-0.39, 0.29) is 0 Å². The number of hydrogen-bond acceptors (Lipinski definition) is 2. The molecule has 3 nitrogen and oxygen atoms in total. The van der Waals surface area contributed by atoms with Crippen LogP contribution in [0.25, 0.3) is 0 Å². The zero-order valence-electron chi connectivity index (χ0n) is 11.2. The van der Waals surface area contributed by atoms with Crippen LogP contribution in [0.1, 0.15) is 18.9 Å². The molecule has 0 saturated carbocycles. The number of thiocarbonyl (C=S) groups is 1. The summed E-state index contributed by atoms with van der Waals surface area (Å²) in [6, 6.07) is 10.4. The molecule has 0 aliphatic carbocycles. The third-order valence-corrected chi connectivity index (χ3v) is 3.09. The SMILES string of the molecule is CCN(Cc1ccccc1)C(=S)NCCCOC. The number of nitrogens with one attached hydrogen (secondary N) is 1. The molecule has 0 saturated heterocycles. The first-order valence-electron chi connectivity index (χ1n) is 6.33. The molecule has 1 rings (SSSR count). The van der Waals surface area contributed by atoms with E-state index in [0.717, 1.165) is 37.8 Å². The van der Waals surface area contributed by atoms with Gasteiger partial charge in [0.2, 0.25) is 0 Å². The number of hydrogen-bond donors (Lipinski definition) is 1. The molecule has 0 amide bonds. The van der Waals surface area contributed by atoms with Gasteiger partial charge >= 0.3 is 0 Å². The van der Waals surface area contributed by atoms with E-state index in [4.69, 9.17) is 17.0 Å². The van der Waals surface area contributed by atoms with Gasteiger partial charge in [0.1, 0.15) is 0 Å². The minimum Gasteiger partial charge on any atom is -0.385 e. The van der Waals surface area contributed by atoms with Gasteiger partial charge < -0.3 is 15.0 Å². The maximum Gasteiger partial charge on any atom is 0.169 e. The van der Waals surface area contributed by atoms with Crippen molar-refractivity contribution < 1.29 is 4.74 Å². The highest BCUT2D eigenvalue weighted by molar-refractivity contribution is 7.80. The van der Waals surface area contributed by atoms with Gasteiger partial charge in [0.05, 0.1) is 0 Å². The zero-order valence-corrected chi connectivity index (χ0v) is 12.0. The van der Waals surface area contributed by atoms with E-state index < -0.39 is 0 Å².